The van der Waals surface area contributed by atoms with Crippen LogP contribution < -0.4 is 19.9 Å². The molecule has 220 valence electrons. The number of nitrogens with zero attached hydrogens (tertiary/aromatic N) is 4. The normalized spacial score (nSPS) is 19.7. The number of nitriles is 1. The Balaban J connectivity index is 0.00000387. The van der Waals surface area contributed by atoms with Gasteiger partial charge in [0.1, 0.15) is 17.9 Å². The van der Waals surface area contributed by atoms with E-state index in [1.165, 1.54) is 18.9 Å². The molecule has 0 bridgehead atoms. The van der Waals surface area contributed by atoms with Crippen LogP contribution in [0.5, 0.6) is 5.75 Å². The first-order chi connectivity index (χ1) is 18.9. The molecule has 2 aromatic carbocycles. The fourth-order valence-electron chi connectivity index (χ4n) is 5.59. The summed E-state index contributed by atoms with van der Waals surface area (Å²) >= 11 is 5.67. The third kappa shape index (κ3) is 5.89. The van der Waals surface area contributed by atoms with Gasteiger partial charge < -0.3 is 15.0 Å². The minimum absolute atomic E-state index is 0. The topological polar surface area (TPSA) is 71.8 Å². The van der Waals surface area contributed by atoms with E-state index < -0.39 is 28.7 Å². The van der Waals surface area contributed by atoms with E-state index in [0.29, 0.717) is 24.3 Å². The summed E-state index contributed by atoms with van der Waals surface area (Å²) in [5.74, 6) is 0.300. The van der Waals surface area contributed by atoms with E-state index >= 15 is 0 Å². The first-order valence-corrected chi connectivity index (χ1v) is 13.8. The van der Waals surface area contributed by atoms with Crippen molar-refractivity contribution in [2.24, 2.45) is 0 Å². The fraction of sp³-hybridized carbons (Fsp3) is 0.483. The maximum atomic E-state index is 13.6. The van der Waals surface area contributed by atoms with Crippen molar-refractivity contribution in [2.45, 2.75) is 57.3 Å². The van der Waals surface area contributed by atoms with E-state index in [4.69, 9.17) is 22.2 Å². The van der Waals surface area contributed by atoms with E-state index in [0.717, 1.165) is 54.5 Å². The molecule has 2 saturated heterocycles. The Hall–Kier alpha value is -2.91. The number of carbonyl (C=O) groups excluding carboxylic acids is 1. The van der Waals surface area contributed by atoms with Crippen molar-refractivity contribution in [3.8, 4) is 11.8 Å². The Kier molecular flexibility index (Phi) is 8.63. The summed E-state index contributed by atoms with van der Waals surface area (Å²) in [4.78, 5) is 18.7. The highest BCUT2D eigenvalue weighted by molar-refractivity contribution is 7.81. The van der Waals surface area contributed by atoms with Crippen molar-refractivity contribution in [1.29, 1.82) is 5.26 Å². The van der Waals surface area contributed by atoms with Crippen LogP contribution in [0.2, 0.25) is 0 Å². The molecule has 7 nitrogen and oxygen atoms in total. The highest BCUT2D eigenvalue weighted by atomic mass is 35.5. The summed E-state index contributed by atoms with van der Waals surface area (Å²) in [6, 6.07) is 10.4. The van der Waals surface area contributed by atoms with Crippen molar-refractivity contribution in [3.05, 3.63) is 53.1 Å². The Morgan fingerprint density at radius 1 is 1.15 bits per heavy atom. The second-order valence-corrected chi connectivity index (χ2v) is 11.5. The molecule has 1 N–H and O–H groups in total. The summed E-state index contributed by atoms with van der Waals surface area (Å²) in [6.07, 6.45) is -1.61. The SMILES string of the molecule is CCc1cc(N2C(=S)N(c3ccc(C#N)c(C(F)(F)F)c3)C(=O)C2(C)C)ccc1OCCN1CCNC2(CC2)C1.Cl. The molecule has 3 aliphatic rings. The number of aryl methyl sites for hydroxylation is 1. The number of alkyl halides is 3. The van der Waals surface area contributed by atoms with E-state index in [2.05, 4.69) is 10.2 Å². The Morgan fingerprint density at radius 2 is 1.85 bits per heavy atom. The molecule has 5 rings (SSSR count). The first-order valence-electron chi connectivity index (χ1n) is 13.4. The quantitative estimate of drug-likeness (QED) is 0.429. The fourth-order valence-corrected chi connectivity index (χ4v) is 6.11. The number of nitrogens with one attached hydrogen (secondary N) is 1. The van der Waals surface area contributed by atoms with Crippen molar-refractivity contribution in [2.75, 3.05) is 42.6 Å². The third-order valence-corrected chi connectivity index (χ3v) is 8.38. The van der Waals surface area contributed by atoms with Gasteiger partial charge in [-0.05, 0) is 87.3 Å². The van der Waals surface area contributed by atoms with E-state index in [1.54, 1.807) is 24.8 Å². The van der Waals surface area contributed by atoms with Gasteiger partial charge in [0.25, 0.3) is 5.91 Å². The summed E-state index contributed by atoms with van der Waals surface area (Å²) in [6.45, 7) is 9.83. The zero-order valence-electron chi connectivity index (χ0n) is 23.2. The molecule has 2 heterocycles. The van der Waals surface area contributed by atoms with E-state index in [9.17, 15) is 18.0 Å². The molecule has 12 heteroatoms. The molecule has 0 atom stereocenters. The molecular formula is C29H33ClF3N5O2S. The van der Waals surface area contributed by atoms with Crippen LogP contribution in [0, 0.1) is 11.3 Å². The summed E-state index contributed by atoms with van der Waals surface area (Å²) in [5.41, 5.74) is -0.908. The van der Waals surface area contributed by atoms with Gasteiger partial charge in [0.15, 0.2) is 5.11 Å². The van der Waals surface area contributed by atoms with Gasteiger partial charge in [-0.25, -0.2) is 0 Å². The van der Waals surface area contributed by atoms with E-state index in [1.807, 2.05) is 25.1 Å². The lowest BCUT2D eigenvalue weighted by Crippen LogP contribution is -2.53. The molecule has 0 aromatic heterocycles. The Bertz CT molecular complexity index is 1390. The second-order valence-electron chi connectivity index (χ2n) is 11.1. The lowest BCUT2D eigenvalue weighted by atomic mass is 10.0. The van der Waals surface area contributed by atoms with Crippen LogP contribution in [-0.4, -0.2) is 59.8 Å². The van der Waals surface area contributed by atoms with Gasteiger partial charge in [0.2, 0.25) is 0 Å². The number of benzene rings is 2. The zero-order chi connectivity index (χ0) is 28.9. The molecule has 3 fully saturated rings. The van der Waals surface area contributed by atoms with Crippen LogP contribution in [0.4, 0.5) is 24.5 Å². The third-order valence-electron chi connectivity index (χ3n) is 8.01. The van der Waals surface area contributed by atoms with Crippen LogP contribution in [0.15, 0.2) is 36.4 Å². The number of thiocarbonyl (C=S) groups is 1. The van der Waals surface area contributed by atoms with Crippen LogP contribution in [0.25, 0.3) is 0 Å². The largest absolute Gasteiger partial charge is 0.492 e. The van der Waals surface area contributed by atoms with Gasteiger partial charge in [-0.2, -0.15) is 18.4 Å². The standard InChI is InChI=1S/C29H32F3N5O2S.ClH/c1-4-19-15-22(7-8-24(19)39-14-13-35-12-11-34-28(18-35)9-10-28)37-26(40)36(25(38)27(37,2)3)21-6-5-20(17-33)23(16-21)29(30,31)32;/h5-8,15-16,34H,4,9-14,18H2,1-3H3;1H. The van der Waals surface area contributed by atoms with Crippen molar-refractivity contribution in [1.82, 2.24) is 10.2 Å². The van der Waals surface area contributed by atoms with Gasteiger partial charge in [-0.3, -0.25) is 14.6 Å². The highest BCUT2D eigenvalue weighted by Gasteiger charge is 2.51. The number of rotatable bonds is 7. The maximum Gasteiger partial charge on any atom is 0.417 e. The predicted octanol–water partition coefficient (Wildman–Crippen LogP) is 5.29. The second kappa shape index (κ2) is 11.4. The number of amides is 1. The number of ether oxygens (including phenoxy) is 1. The highest BCUT2D eigenvalue weighted by Crippen LogP contribution is 2.41. The van der Waals surface area contributed by atoms with Crippen LogP contribution in [0.3, 0.4) is 0 Å². The summed E-state index contributed by atoms with van der Waals surface area (Å²) < 4.78 is 47.1. The molecule has 41 heavy (non-hydrogen) atoms. The van der Waals surface area contributed by atoms with E-state index in [-0.39, 0.29) is 23.2 Å². The van der Waals surface area contributed by atoms with Crippen molar-refractivity contribution >= 4 is 47.0 Å². The molecule has 0 radical (unpaired) electrons. The number of piperazine rings is 1. The smallest absolute Gasteiger partial charge is 0.417 e. The Morgan fingerprint density at radius 3 is 2.49 bits per heavy atom. The molecule has 2 aromatic rings. The minimum Gasteiger partial charge on any atom is -0.492 e. The minimum atomic E-state index is -4.75. The number of carbonyl (C=O) groups is 1. The first kappa shape index (κ1) is 31.0. The van der Waals surface area contributed by atoms with Gasteiger partial charge >= 0.3 is 6.18 Å². The molecule has 1 aliphatic carbocycles. The van der Waals surface area contributed by atoms with Crippen molar-refractivity contribution < 1.29 is 22.7 Å². The van der Waals surface area contributed by atoms with Crippen LogP contribution >= 0.6 is 24.6 Å². The molecular weight excluding hydrogens is 575 g/mol. The molecule has 1 amide bonds. The molecule has 1 spiro atoms. The monoisotopic (exact) mass is 607 g/mol. The average molecular weight is 608 g/mol. The number of anilines is 2. The lowest BCUT2D eigenvalue weighted by molar-refractivity contribution is -0.137. The van der Waals surface area contributed by atoms with Gasteiger partial charge in [0, 0.05) is 37.4 Å². The number of halogens is 4. The summed E-state index contributed by atoms with van der Waals surface area (Å²) in [5, 5.41) is 12.8. The number of hydrogen-bond acceptors (Lipinski definition) is 6. The number of hydrogen-bond donors (Lipinski definition) is 1. The summed E-state index contributed by atoms with van der Waals surface area (Å²) in [7, 11) is 0. The van der Waals surface area contributed by atoms with Gasteiger partial charge in [0.05, 0.1) is 22.9 Å². The van der Waals surface area contributed by atoms with Crippen LogP contribution in [-0.2, 0) is 17.4 Å². The zero-order valence-corrected chi connectivity index (χ0v) is 24.8. The van der Waals surface area contributed by atoms with Gasteiger partial charge in [-0.1, -0.05) is 6.92 Å². The Labute approximate surface area is 249 Å². The lowest BCUT2D eigenvalue weighted by Gasteiger charge is -2.34. The molecule has 2 aliphatic heterocycles. The average Bonchev–Trinajstić information content (AvgIpc) is 3.62. The van der Waals surface area contributed by atoms with Gasteiger partial charge in [-0.15, -0.1) is 12.4 Å². The predicted molar refractivity (Wildman–Crippen MR) is 158 cm³/mol. The molecule has 0 unspecified atom stereocenters. The maximum absolute atomic E-state index is 13.6. The van der Waals surface area contributed by atoms with Crippen molar-refractivity contribution in [3.63, 3.8) is 0 Å². The van der Waals surface area contributed by atoms with Crippen LogP contribution in [0.1, 0.15) is 50.3 Å². The molecule has 1 saturated carbocycles.